The van der Waals surface area contributed by atoms with Crippen LogP contribution in [-0.2, 0) is 23.5 Å². The van der Waals surface area contributed by atoms with Crippen LogP contribution in [0.1, 0.15) is 28.0 Å². The largest absolute Gasteiger partial charge is 0.478 e. The molecule has 2 aromatic heterocycles. The van der Waals surface area contributed by atoms with Gasteiger partial charge in [0.1, 0.15) is 10.7 Å². The monoisotopic (exact) mass is 374 g/mol. The molecule has 0 atom stereocenters. The van der Waals surface area contributed by atoms with Crippen molar-refractivity contribution in [3.8, 4) is 0 Å². The van der Waals surface area contributed by atoms with Crippen molar-refractivity contribution in [1.29, 1.82) is 0 Å². The highest BCUT2D eigenvalue weighted by Gasteiger charge is 2.29. The normalized spacial score (nSPS) is 11.5. The summed E-state index contributed by atoms with van der Waals surface area (Å²) >= 11 is 0.923. The van der Waals surface area contributed by atoms with E-state index in [4.69, 9.17) is 5.11 Å². The first kappa shape index (κ1) is 17.9. The SMILES string of the molecule is CCc1nn(C(=O)NS(=O)(=O)c2c(C(=O)O)csc2C)c(=O)n1C. The highest BCUT2D eigenvalue weighted by atomic mass is 32.2. The van der Waals surface area contributed by atoms with E-state index in [-0.39, 0.29) is 4.88 Å². The van der Waals surface area contributed by atoms with Crippen molar-refractivity contribution in [2.75, 3.05) is 0 Å². The summed E-state index contributed by atoms with van der Waals surface area (Å²) < 4.78 is 27.9. The van der Waals surface area contributed by atoms with Gasteiger partial charge >= 0.3 is 17.7 Å². The number of aromatic nitrogens is 3. The number of carboxylic acids is 1. The van der Waals surface area contributed by atoms with Crippen molar-refractivity contribution in [2.24, 2.45) is 7.05 Å². The molecular formula is C12H14N4O6S2. The Hall–Kier alpha value is -2.47. The molecule has 0 aliphatic rings. The predicted octanol–water partition coefficient (Wildman–Crippen LogP) is 0.159. The highest BCUT2D eigenvalue weighted by Crippen LogP contribution is 2.26. The first-order valence-electron chi connectivity index (χ1n) is 6.63. The molecule has 12 heteroatoms. The number of aromatic carboxylic acids is 1. The Labute approximate surface area is 140 Å². The second-order valence-electron chi connectivity index (χ2n) is 4.77. The van der Waals surface area contributed by atoms with Crippen LogP contribution in [0.15, 0.2) is 15.1 Å². The first-order chi connectivity index (χ1) is 11.1. The molecule has 0 saturated carbocycles. The Morgan fingerprint density at radius 3 is 2.54 bits per heavy atom. The molecule has 10 nitrogen and oxygen atoms in total. The lowest BCUT2D eigenvalue weighted by atomic mass is 10.3. The van der Waals surface area contributed by atoms with E-state index in [1.165, 1.54) is 19.4 Å². The van der Waals surface area contributed by atoms with Crippen LogP contribution in [0.5, 0.6) is 0 Å². The smallest absolute Gasteiger partial charge is 0.360 e. The van der Waals surface area contributed by atoms with Gasteiger partial charge in [-0.05, 0) is 6.92 Å². The van der Waals surface area contributed by atoms with Crippen molar-refractivity contribution in [2.45, 2.75) is 25.2 Å². The van der Waals surface area contributed by atoms with E-state index in [9.17, 15) is 22.8 Å². The summed E-state index contributed by atoms with van der Waals surface area (Å²) in [5.74, 6) is -1.14. The molecule has 0 aromatic carbocycles. The Morgan fingerprint density at radius 1 is 1.42 bits per heavy atom. The van der Waals surface area contributed by atoms with Crippen LogP contribution in [0.4, 0.5) is 4.79 Å². The third kappa shape index (κ3) is 2.97. The average molecular weight is 374 g/mol. The molecule has 2 aromatic rings. The number of nitrogens with one attached hydrogen (secondary N) is 1. The molecule has 130 valence electrons. The minimum atomic E-state index is -4.48. The number of hydrogen-bond donors (Lipinski definition) is 2. The van der Waals surface area contributed by atoms with E-state index >= 15 is 0 Å². The van der Waals surface area contributed by atoms with Crippen LogP contribution >= 0.6 is 11.3 Å². The van der Waals surface area contributed by atoms with E-state index in [1.54, 1.807) is 11.6 Å². The summed E-state index contributed by atoms with van der Waals surface area (Å²) in [5, 5.41) is 14.0. The molecule has 2 rings (SSSR count). The van der Waals surface area contributed by atoms with Gasteiger partial charge in [0.25, 0.3) is 10.0 Å². The van der Waals surface area contributed by atoms with Crippen molar-refractivity contribution in [1.82, 2.24) is 19.1 Å². The second-order valence-corrected chi connectivity index (χ2v) is 7.48. The highest BCUT2D eigenvalue weighted by molar-refractivity contribution is 7.90. The van der Waals surface area contributed by atoms with Crippen LogP contribution in [0.2, 0.25) is 0 Å². The van der Waals surface area contributed by atoms with Gasteiger partial charge in [-0.2, -0.15) is 0 Å². The number of thiophene rings is 1. The standard InChI is InChI=1S/C12H14N4O6S2/c1-4-8-13-16(12(20)15(8)3)11(19)14-24(21,22)9-6(2)23-5-7(9)10(17)18/h5H,4H2,1-3H3,(H,14,19)(H,17,18). The second kappa shape index (κ2) is 6.20. The molecule has 0 bridgehead atoms. The number of carboxylic acid groups (broad SMARTS) is 1. The number of aryl methyl sites for hydroxylation is 2. The first-order valence-corrected chi connectivity index (χ1v) is 8.99. The molecule has 0 aliphatic carbocycles. The number of sulfonamides is 1. The van der Waals surface area contributed by atoms with Crippen molar-refractivity contribution in [3.63, 3.8) is 0 Å². The van der Waals surface area contributed by atoms with Gasteiger partial charge in [0.05, 0.1) is 5.56 Å². The quantitative estimate of drug-likeness (QED) is 0.776. The third-order valence-corrected chi connectivity index (χ3v) is 5.77. The van der Waals surface area contributed by atoms with Gasteiger partial charge in [-0.3, -0.25) is 4.57 Å². The molecule has 0 radical (unpaired) electrons. The van der Waals surface area contributed by atoms with Crippen LogP contribution < -0.4 is 10.4 Å². The van der Waals surface area contributed by atoms with Gasteiger partial charge in [0.15, 0.2) is 0 Å². The molecule has 0 aliphatic heterocycles. The maximum atomic E-state index is 12.4. The van der Waals surface area contributed by atoms with Gasteiger partial charge < -0.3 is 5.11 Å². The lowest BCUT2D eigenvalue weighted by Gasteiger charge is -2.07. The van der Waals surface area contributed by atoms with Gasteiger partial charge in [-0.15, -0.1) is 21.1 Å². The topological polar surface area (TPSA) is 140 Å². The van der Waals surface area contributed by atoms with E-state index in [2.05, 4.69) is 5.10 Å². The minimum Gasteiger partial charge on any atom is -0.478 e. The zero-order valence-electron chi connectivity index (χ0n) is 12.9. The number of amides is 1. The molecule has 0 saturated heterocycles. The number of rotatable bonds is 4. The summed E-state index contributed by atoms with van der Waals surface area (Å²) in [7, 11) is -3.08. The van der Waals surface area contributed by atoms with E-state index in [1.807, 2.05) is 0 Å². The molecule has 0 spiro atoms. The van der Waals surface area contributed by atoms with Crippen LogP contribution in [0.3, 0.4) is 0 Å². The lowest BCUT2D eigenvalue weighted by molar-refractivity contribution is 0.0693. The maximum Gasteiger partial charge on any atom is 0.360 e. The van der Waals surface area contributed by atoms with Crippen LogP contribution in [0, 0.1) is 6.92 Å². The lowest BCUT2D eigenvalue weighted by Crippen LogP contribution is -2.40. The Kier molecular flexibility index (Phi) is 4.62. The summed E-state index contributed by atoms with van der Waals surface area (Å²) in [4.78, 5) is 34.9. The molecule has 24 heavy (non-hydrogen) atoms. The van der Waals surface area contributed by atoms with Crippen molar-refractivity contribution >= 4 is 33.4 Å². The number of hydrogen-bond acceptors (Lipinski definition) is 7. The number of carbonyl (C=O) groups is 2. The molecule has 0 fully saturated rings. The molecule has 2 N–H and O–H groups in total. The van der Waals surface area contributed by atoms with Crippen molar-refractivity contribution in [3.05, 3.63) is 32.1 Å². The third-order valence-electron chi connectivity index (χ3n) is 3.22. The Morgan fingerprint density at radius 2 is 2.04 bits per heavy atom. The van der Waals surface area contributed by atoms with E-state index < -0.39 is 38.2 Å². The van der Waals surface area contributed by atoms with E-state index in [0.29, 0.717) is 16.9 Å². The fourth-order valence-electron chi connectivity index (χ4n) is 2.05. The summed E-state index contributed by atoms with van der Waals surface area (Å²) in [5.41, 5.74) is -1.25. The zero-order chi connectivity index (χ0) is 18.2. The Balaban J connectivity index is 2.44. The summed E-state index contributed by atoms with van der Waals surface area (Å²) in [6.07, 6.45) is 0.367. The molecule has 0 unspecified atom stereocenters. The molecular weight excluding hydrogens is 360 g/mol. The average Bonchev–Trinajstić information content (AvgIpc) is 3.01. The van der Waals surface area contributed by atoms with Crippen LogP contribution in [0.25, 0.3) is 0 Å². The summed E-state index contributed by atoms with van der Waals surface area (Å²) in [6, 6.07) is -1.28. The van der Waals surface area contributed by atoms with Crippen LogP contribution in [-0.4, -0.2) is 39.9 Å². The van der Waals surface area contributed by atoms with Gasteiger partial charge in [0, 0.05) is 23.7 Å². The fourth-order valence-corrected chi connectivity index (χ4v) is 4.56. The van der Waals surface area contributed by atoms with Gasteiger partial charge in [-0.1, -0.05) is 6.92 Å². The van der Waals surface area contributed by atoms with Gasteiger partial charge in [-0.25, -0.2) is 27.5 Å². The maximum absolute atomic E-state index is 12.4. The number of carbonyl (C=O) groups excluding carboxylic acids is 1. The number of nitrogens with zero attached hydrogens (tertiary/aromatic N) is 3. The molecule has 2 heterocycles. The Bertz CT molecular complexity index is 982. The zero-order valence-corrected chi connectivity index (χ0v) is 14.6. The van der Waals surface area contributed by atoms with Gasteiger partial charge in [0.2, 0.25) is 0 Å². The minimum absolute atomic E-state index is 0.204. The summed E-state index contributed by atoms with van der Waals surface area (Å²) in [6.45, 7) is 3.13. The fraction of sp³-hybridized carbons (Fsp3) is 0.333. The van der Waals surface area contributed by atoms with E-state index in [0.717, 1.165) is 15.9 Å². The van der Waals surface area contributed by atoms with Crippen molar-refractivity contribution < 1.29 is 23.1 Å². The molecule has 1 amide bonds. The predicted molar refractivity (Wildman–Crippen MR) is 84.0 cm³/mol.